The maximum absolute atomic E-state index is 12.8. The number of nitrogens with one attached hydrogen (secondary N) is 1. The number of hydrogen-bond acceptors (Lipinski definition) is 4. The first-order valence-electron chi connectivity index (χ1n) is 10.9. The van der Waals surface area contributed by atoms with Gasteiger partial charge in [-0.1, -0.05) is 66.7 Å². The van der Waals surface area contributed by atoms with Gasteiger partial charge in [-0.3, -0.25) is 4.79 Å². The van der Waals surface area contributed by atoms with Crippen LogP contribution in [0.25, 0.3) is 0 Å². The predicted octanol–water partition coefficient (Wildman–Crippen LogP) is 3.67. The third kappa shape index (κ3) is 5.70. The van der Waals surface area contributed by atoms with Gasteiger partial charge in [0.25, 0.3) is 0 Å². The lowest BCUT2D eigenvalue weighted by atomic mass is 9.88. The van der Waals surface area contributed by atoms with Crippen LogP contribution in [-0.4, -0.2) is 49.0 Å². The number of nitrogens with zero attached hydrogens (tertiary/aromatic N) is 3. The lowest BCUT2D eigenvalue weighted by Gasteiger charge is -2.33. The monoisotopic (exact) mass is 414 g/mol. The van der Waals surface area contributed by atoms with Gasteiger partial charge in [0.15, 0.2) is 0 Å². The van der Waals surface area contributed by atoms with E-state index in [1.807, 2.05) is 42.6 Å². The van der Waals surface area contributed by atoms with E-state index in [-0.39, 0.29) is 11.8 Å². The van der Waals surface area contributed by atoms with Crippen LogP contribution in [0.2, 0.25) is 0 Å². The fourth-order valence-corrected chi connectivity index (χ4v) is 4.00. The molecular weight excluding hydrogens is 384 g/mol. The molecule has 0 spiro atoms. The van der Waals surface area contributed by atoms with Gasteiger partial charge in [0.05, 0.1) is 0 Å². The van der Waals surface area contributed by atoms with Crippen molar-refractivity contribution in [1.29, 1.82) is 0 Å². The van der Waals surface area contributed by atoms with Gasteiger partial charge < -0.3 is 15.1 Å². The van der Waals surface area contributed by atoms with Crippen LogP contribution in [0.5, 0.6) is 0 Å². The average molecular weight is 415 g/mol. The van der Waals surface area contributed by atoms with Crippen LogP contribution in [0.3, 0.4) is 0 Å². The Kier molecular flexibility index (Phi) is 6.95. The molecule has 0 radical (unpaired) electrons. The highest BCUT2D eigenvalue weighted by Crippen LogP contribution is 2.27. The Morgan fingerprint density at radius 2 is 1.52 bits per heavy atom. The smallest absolute Gasteiger partial charge is 0.221 e. The number of carbonyl (C=O) groups is 1. The molecule has 5 heteroatoms. The molecule has 0 saturated carbocycles. The normalized spacial score (nSPS) is 14.6. The standard InChI is InChI=1S/C26H30N4O/c1-29-14-16-30(17-15-29)25-13-12-21(19-27-25)20-28-26(31)18-24(22-8-4-2-5-9-22)23-10-6-3-7-11-23/h2-13,19,24H,14-18,20H2,1H3,(H,28,31). The Bertz CT molecular complexity index is 912. The van der Waals surface area contributed by atoms with E-state index in [1.54, 1.807) is 0 Å². The number of carbonyl (C=O) groups excluding carboxylic acids is 1. The quantitative estimate of drug-likeness (QED) is 0.641. The summed E-state index contributed by atoms with van der Waals surface area (Å²) >= 11 is 0. The minimum atomic E-state index is 0.0418. The molecule has 2 heterocycles. The number of aromatic nitrogens is 1. The summed E-state index contributed by atoms with van der Waals surface area (Å²) in [4.78, 5) is 22.0. The summed E-state index contributed by atoms with van der Waals surface area (Å²) in [6, 6.07) is 24.6. The highest BCUT2D eigenvalue weighted by molar-refractivity contribution is 5.77. The van der Waals surface area contributed by atoms with Crippen molar-refractivity contribution in [1.82, 2.24) is 15.2 Å². The molecule has 1 N–H and O–H groups in total. The second-order valence-electron chi connectivity index (χ2n) is 8.17. The number of hydrogen-bond donors (Lipinski definition) is 1. The third-order valence-electron chi connectivity index (χ3n) is 5.92. The van der Waals surface area contributed by atoms with Gasteiger partial charge in [-0.05, 0) is 29.8 Å². The van der Waals surface area contributed by atoms with Crippen molar-refractivity contribution < 1.29 is 4.79 Å². The largest absolute Gasteiger partial charge is 0.354 e. The summed E-state index contributed by atoms with van der Waals surface area (Å²) in [6.07, 6.45) is 2.29. The number of benzene rings is 2. The van der Waals surface area contributed by atoms with E-state index in [0.717, 1.165) is 48.7 Å². The molecule has 1 aliphatic heterocycles. The summed E-state index contributed by atoms with van der Waals surface area (Å²) in [6.45, 7) is 4.61. The molecule has 2 aromatic carbocycles. The van der Waals surface area contributed by atoms with Crippen molar-refractivity contribution in [3.05, 3.63) is 95.7 Å². The number of amides is 1. The highest BCUT2D eigenvalue weighted by Gasteiger charge is 2.18. The first-order valence-corrected chi connectivity index (χ1v) is 10.9. The zero-order valence-corrected chi connectivity index (χ0v) is 18.1. The van der Waals surface area contributed by atoms with Gasteiger partial charge in [0.1, 0.15) is 5.82 Å². The molecule has 1 aromatic heterocycles. The van der Waals surface area contributed by atoms with E-state index in [4.69, 9.17) is 0 Å². The van der Waals surface area contributed by atoms with E-state index in [9.17, 15) is 4.79 Å². The molecule has 5 nitrogen and oxygen atoms in total. The fraction of sp³-hybridized carbons (Fsp3) is 0.308. The topological polar surface area (TPSA) is 48.5 Å². The Balaban J connectivity index is 1.35. The van der Waals surface area contributed by atoms with Crippen LogP contribution in [0.4, 0.5) is 5.82 Å². The van der Waals surface area contributed by atoms with Crippen molar-refractivity contribution in [3.63, 3.8) is 0 Å². The maximum Gasteiger partial charge on any atom is 0.221 e. The average Bonchev–Trinajstić information content (AvgIpc) is 2.83. The van der Waals surface area contributed by atoms with Crippen molar-refractivity contribution in [2.75, 3.05) is 38.1 Å². The number of anilines is 1. The van der Waals surface area contributed by atoms with E-state index >= 15 is 0 Å². The molecule has 4 rings (SSSR count). The van der Waals surface area contributed by atoms with Gasteiger partial charge >= 0.3 is 0 Å². The van der Waals surface area contributed by atoms with Gasteiger partial charge in [-0.25, -0.2) is 4.98 Å². The molecule has 1 saturated heterocycles. The molecule has 0 bridgehead atoms. The van der Waals surface area contributed by atoms with E-state index in [2.05, 4.69) is 63.5 Å². The molecule has 0 aliphatic carbocycles. The van der Waals surface area contributed by atoms with Crippen LogP contribution in [0, 0.1) is 0 Å². The van der Waals surface area contributed by atoms with Crippen LogP contribution in [0.15, 0.2) is 79.0 Å². The zero-order chi connectivity index (χ0) is 21.5. The van der Waals surface area contributed by atoms with Gasteiger partial charge in [-0.15, -0.1) is 0 Å². The Morgan fingerprint density at radius 1 is 0.903 bits per heavy atom. The Labute approximate surface area is 184 Å². The van der Waals surface area contributed by atoms with Crippen molar-refractivity contribution in [2.45, 2.75) is 18.9 Å². The summed E-state index contributed by atoms with van der Waals surface area (Å²) in [7, 11) is 2.15. The minimum absolute atomic E-state index is 0.0418. The summed E-state index contributed by atoms with van der Waals surface area (Å²) < 4.78 is 0. The van der Waals surface area contributed by atoms with Crippen molar-refractivity contribution in [3.8, 4) is 0 Å². The van der Waals surface area contributed by atoms with Crippen LogP contribution in [0.1, 0.15) is 29.0 Å². The first kappa shape index (κ1) is 21.1. The molecule has 1 fully saturated rings. The second kappa shape index (κ2) is 10.2. The van der Waals surface area contributed by atoms with Crippen molar-refractivity contribution in [2.24, 2.45) is 0 Å². The SMILES string of the molecule is CN1CCN(c2ccc(CNC(=O)CC(c3ccccc3)c3ccccc3)cn2)CC1. The molecule has 1 aliphatic rings. The second-order valence-corrected chi connectivity index (χ2v) is 8.17. The number of rotatable bonds is 7. The van der Waals surface area contributed by atoms with Crippen LogP contribution in [-0.2, 0) is 11.3 Å². The summed E-state index contributed by atoms with van der Waals surface area (Å²) in [5.41, 5.74) is 3.33. The number of piperazine rings is 1. The molecule has 31 heavy (non-hydrogen) atoms. The van der Waals surface area contributed by atoms with Crippen molar-refractivity contribution >= 4 is 11.7 Å². The Hall–Kier alpha value is -3.18. The molecule has 0 unspecified atom stereocenters. The fourth-order valence-electron chi connectivity index (χ4n) is 4.00. The lowest BCUT2D eigenvalue weighted by molar-refractivity contribution is -0.121. The van der Waals surface area contributed by atoms with Crippen LogP contribution < -0.4 is 10.2 Å². The van der Waals surface area contributed by atoms with Gasteiger partial charge in [-0.2, -0.15) is 0 Å². The van der Waals surface area contributed by atoms with Gasteiger partial charge in [0.2, 0.25) is 5.91 Å². The van der Waals surface area contributed by atoms with E-state index < -0.39 is 0 Å². The minimum Gasteiger partial charge on any atom is -0.354 e. The number of likely N-dealkylation sites (N-methyl/N-ethyl adjacent to an activating group) is 1. The highest BCUT2D eigenvalue weighted by atomic mass is 16.1. The first-order chi connectivity index (χ1) is 15.2. The lowest BCUT2D eigenvalue weighted by Crippen LogP contribution is -2.44. The molecule has 0 atom stereocenters. The molecule has 1 amide bonds. The Morgan fingerprint density at radius 3 is 2.06 bits per heavy atom. The van der Waals surface area contributed by atoms with Crippen LogP contribution >= 0.6 is 0 Å². The predicted molar refractivity (Wildman–Crippen MR) is 125 cm³/mol. The summed E-state index contributed by atoms with van der Waals surface area (Å²) in [5, 5.41) is 3.07. The number of pyridine rings is 1. The van der Waals surface area contributed by atoms with E-state index in [0.29, 0.717) is 13.0 Å². The summed E-state index contributed by atoms with van der Waals surface area (Å²) in [5.74, 6) is 1.09. The molecular formula is C26H30N4O. The third-order valence-corrected chi connectivity index (χ3v) is 5.92. The molecule has 3 aromatic rings. The van der Waals surface area contributed by atoms with Gasteiger partial charge in [0, 0.05) is 51.3 Å². The zero-order valence-electron chi connectivity index (χ0n) is 18.1. The van der Waals surface area contributed by atoms with E-state index in [1.165, 1.54) is 0 Å². The molecule has 160 valence electrons. The maximum atomic E-state index is 12.8.